The molecule has 2 atom stereocenters. The third-order valence-corrected chi connectivity index (χ3v) is 3.79. The molecule has 0 aliphatic carbocycles. The minimum Gasteiger partial charge on any atom is -0.377 e. The van der Waals surface area contributed by atoms with Gasteiger partial charge in [0.25, 0.3) is 0 Å². The fraction of sp³-hybridized carbons (Fsp3) is 0.923. The van der Waals surface area contributed by atoms with E-state index in [1.54, 1.807) is 7.11 Å². The highest BCUT2D eigenvalue weighted by molar-refractivity contribution is 5.88. The number of nitrogens with zero attached hydrogens (tertiary/aromatic N) is 1. The summed E-state index contributed by atoms with van der Waals surface area (Å²) >= 11 is 0. The first-order valence-corrected chi connectivity index (χ1v) is 6.43. The minimum atomic E-state index is -0.412. The largest absolute Gasteiger partial charge is 0.377 e. The second kappa shape index (κ2) is 4.94. The van der Waals surface area contributed by atoms with Crippen molar-refractivity contribution in [2.24, 2.45) is 0 Å². The van der Waals surface area contributed by atoms with E-state index in [0.717, 1.165) is 12.8 Å². The molecule has 4 nitrogen and oxygen atoms in total. The highest BCUT2D eigenvalue weighted by Gasteiger charge is 2.47. The van der Waals surface area contributed by atoms with Gasteiger partial charge in [0.2, 0.25) is 5.91 Å². The Morgan fingerprint density at radius 2 is 2.06 bits per heavy atom. The van der Waals surface area contributed by atoms with Crippen LogP contribution in [-0.4, -0.2) is 41.8 Å². The standard InChI is InChI=1S/C13H26N2O2/c1-7-10-14-13(5,8-2)11(16)15(10)9-12(3,4)17-6/h10,14H,7-9H2,1-6H3. The molecule has 0 saturated carbocycles. The Balaban J connectivity index is 2.87. The summed E-state index contributed by atoms with van der Waals surface area (Å²) in [6.07, 6.45) is 1.86. The number of rotatable bonds is 5. The molecule has 0 aromatic rings. The van der Waals surface area contributed by atoms with Gasteiger partial charge < -0.3 is 9.64 Å². The Morgan fingerprint density at radius 3 is 2.47 bits per heavy atom. The van der Waals surface area contributed by atoms with E-state index in [1.807, 2.05) is 32.6 Å². The average Bonchev–Trinajstić information content (AvgIpc) is 2.54. The highest BCUT2D eigenvalue weighted by atomic mass is 16.5. The summed E-state index contributed by atoms with van der Waals surface area (Å²) < 4.78 is 5.42. The molecule has 1 aliphatic rings. The molecule has 1 fully saturated rings. The molecular formula is C13H26N2O2. The topological polar surface area (TPSA) is 41.6 Å². The molecule has 17 heavy (non-hydrogen) atoms. The van der Waals surface area contributed by atoms with Crippen molar-refractivity contribution < 1.29 is 9.53 Å². The maximum absolute atomic E-state index is 12.4. The molecule has 1 saturated heterocycles. The lowest BCUT2D eigenvalue weighted by Gasteiger charge is -2.32. The van der Waals surface area contributed by atoms with Gasteiger partial charge in [0.15, 0.2) is 0 Å². The van der Waals surface area contributed by atoms with E-state index in [1.165, 1.54) is 0 Å². The zero-order chi connectivity index (χ0) is 13.3. The molecule has 1 amide bonds. The number of ether oxygens (including phenoxy) is 1. The van der Waals surface area contributed by atoms with Crippen molar-refractivity contribution in [1.82, 2.24) is 10.2 Å². The van der Waals surface area contributed by atoms with Crippen molar-refractivity contribution in [3.8, 4) is 0 Å². The summed E-state index contributed by atoms with van der Waals surface area (Å²) in [5, 5.41) is 3.43. The molecule has 0 radical (unpaired) electrons. The summed E-state index contributed by atoms with van der Waals surface area (Å²) in [6.45, 7) is 10.8. The van der Waals surface area contributed by atoms with Crippen molar-refractivity contribution in [1.29, 1.82) is 0 Å². The van der Waals surface area contributed by atoms with Crippen LogP contribution in [0.1, 0.15) is 47.5 Å². The number of methoxy groups -OCH3 is 1. The Hall–Kier alpha value is -0.610. The Bertz CT molecular complexity index is 291. The predicted molar refractivity (Wildman–Crippen MR) is 68.7 cm³/mol. The van der Waals surface area contributed by atoms with Gasteiger partial charge in [0.1, 0.15) is 0 Å². The van der Waals surface area contributed by atoms with Crippen molar-refractivity contribution >= 4 is 5.91 Å². The van der Waals surface area contributed by atoms with Crippen LogP contribution in [0.5, 0.6) is 0 Å². The van der Waals surface area contributed by atoms with E-state index >= 15 is 0 Å². The Kier molecular flexibility index (Phi) is 4.20. The quantitative estimate of drug-likeness (QED) is 0.798. The number of hydrogen-bond donors (Lipinski definition) is 1. The van der Waals surface area contributed by atoms with Gasteiger partial charge in [0, 0.05) is 7.11 Å². The van der Waals surface area contributed by atoms with Gasteiger partial charge in [0.05, 0.1) is 23.9 Å². The number of hydrogen-bond acceptors (Lipinski definition) is 3. The lowest BCUT2D eigenvalue weighted by atomic mass is 9.99. The van der Waals surface area contributed by atoms with E-state index in [-0.39, 0.29) is 17.7 Å². The van der Waals surface area contributed by atoms with Gasteiger partial charge in [-0.3, -0.25) is 10.1 Å². The van der Waals surface area contributed by atoms with Gasteiger partial charge in [-0.05, 0) is 33.6 Å². The monoisotopic (exact) mass is 242 g/mol. The van der Waals surface area contributed by atoms with Gasteiger partial charge >= 0.3 is 0 Å². The molecule has 0 aromatic carbocycles. The van der Waals surface area contributed by atoms with Gasteiger partial charge in [-0.1, -0.05) is 13.8 Å². The van der Waals surface area contributed by atoms with Gasteiger partial charge in [-0.2, -0.15) is 0 Å². The second-order valence-corrected chi connectivity index (χ2v) is 5.65. The fourth-order valence-electron chi connectivity index (χ4n) is 2.20. The van der Waals surface area contributed by atoms with Crippen LogP contribution in [-0.2, 0) is 9.53 Å². The maximum Gasteiger partial charge on any atom is 0.243 e. The molecule has 0 spiro atoms. The summed E-state index contributed by atoms with van der Waals surface area (Å²) in [7, 11) is 1.69. The highest BCUT2D eigenvalue weighted by Crippen LogP contribution is 2.27. The summed E-state index contributed by atoms with van der Waals surface area (Å²) in [5.41, 5.74) is -0.714. The van der Waals surface area contributed by atoms with E-state index in [2.05, 4.69) is 12.2 Å². The third-order valence-electron chi connectivity index (χ3n) is 3.79. The zero-order valence-electron chi connectivity index (χ0n) is 12.0. The van der Waals surface area contributed by atoms with E-state index in [9.17, 15) is 4.79 Å². The van der Waals surface area contributed by atoms with Crippen molar-refractivity contribution in [3.63, 3.8) is 0 Å². The molecule has 4 heteroatoms. The predicted octanol–water partition coefficient (Wildman–Crippen LogP) is 1.75. The van der Waals surface area contributed by atoms with E-state index in [0.29, 0.717) is 6.54 Å². The van der Waals surface area contributed by atoms with Gasteiger partial charge in [-0.25, -0.2) is 0 Å². The van der Waals surface area contributed by atoms with E-state index in [4.69, 9.17) is 4.74 Å². The Labute approximate surface area is 105 Å². The van der Waals surface area contributed by atoms with Crippen LogP contribution in [0.3, 0.4) is 0 Å². The maximum atomic E-state index is 12.4. The van der Waals surface area contributed by atoms with Crippen LogP contribution in [0.25, 0.3) is 0 Å². The van der Waals surface area contributed by atoms with E-state index < -0.39 is 5.54 Å². The molecule has 1 aliphatic heterocycles. The molecular weight excluding hydrogens is 216 g/mol. The Morgan fingerprint density at radius 1 is 1.47 bits per heavy atom. The van der Waals surface area contributed by atoms with Crippen LogP contribution in [0.4, 0.5) is 0 Å². The average molecular weight is 242 g/mol. The van der Waals surface area contributed by atoms with Crippen LogP contribution in [0, 0.1) is 0 Å². The smallest absolute Gasteiger partial charge is 0.243 e. The number of carbonyl (C=O) groups is 1. The molecule has 1 N–H and O–H groups in total. The van der Waals surface area contributed by atoms with Crippen LogP contribution < -0.4 is 5.32 Å². The SMILES string of the molecule is CCC1NC(C)(CC)C(=O)N1CC(C)(C)OC. The molecule has 1 heterocycles. The van der Waals surface area contributed by atoms with Crippen molar-refractivity contribution in [2.45, 2.75) is 64.8 Å². The summed E-state index contributed by atoms with van der Waals surface area (Å²) in [4.78, 5) is 14.4. The fourth-order valence-corrected chi connectivity index (χ4v) is 2.20. The molecule has 1 rings (SSSR count). The second-order valence-electron chi connectivity index (χ2n) is 5.65. The number of nitrogens with one attached hydrogen (secondary N) is 1. The lowest BCUT2D eigenvalue weighted by Crippen LogP contribution is -2.46. The molecule has 0 bridgehead atoms. The van der Waals surface area contributed by atoms with Crippen molar-refractivity contribution in [2.75, 3.05) is 13.7 Å². The normalized spacial score (nSPS) is 30.1. The minimum absolute atomic E-state index is 0.127. The van der Waals surface area contributed by atoms with Gasteiger partial charge in [-0.15, -0.1) is 0 Å². The molecule has 2 unspecified atom stereocenters. The van der Waals surface area contributed by atoms with Crippen LogP contribution in [0.2, 0.25) is 0 Å². The summed E-state index contributed by atoms with van der Waals surface area (Å²) in [6, 6.07) is 0. The molecule has 100 valence electrons. The number of carbonyl (C=O) groups excluding carboxylic acids is 1. The van der Waals surface area contributed by atoms with Crippen LogP contribution >= 0.6 is 0 Å². The first-order valence-electron chi connectivity index (χ1n) is 6.43. The lowest BCUT2D eigenvalue weighted by molar-refractivity contribution is -0.136. The molecule has 0 aromatic heterocycles. The summed E-state index contributed by atoms with van der Waals surface area (Å²) in [5.74, 6) is 0.192. The number of amides is 1. The third kappa shape index (κ3) is 2.80. The first-order chi connectivity index (χ1) is 7.79. The van der Waals surface area contributed by atoms with Crippen molar-refractivity contribution in [3.05, 3.63) is 0 Å². The van der Waals surface area contributed by atoms with Crippen LogP contribution in [0.15, 0.2) is 0 Å². The first kappa shape index (κ1) is 14.5. The zero-order valence-corrected chi connectivity index (χ0v) is 12.0.